The molecule has 2 amide bonds. The van der Waals surface area contributed by atoms with Crippen LogP contribution in [0.4, 0.5) is 5.69 Å². The van der Waals surface area contributed by atoms with E-state index in [1.807, 2.05) is 54.3 Å². The summed E-state index contributed by atoms with van der Waals surface area (Å²) in [5.74, 6) is -0.287. The van der Waals surface area contributed by atoms with Gasteiger partial charge in [-0.05, 0) is 30.5 Å². The molecule has 2 heterocycles. The second-order valence-corrected chi connectivity index (χ2v) is 7.15. The largest absolute Gasteiger partial charge is 0.396 e. The number of aromatic nitrogens is 2. The van der Waals surface area contributed by atoms with Gasteiger partial charge in [0.25, 0.3) is 11.8 Å². The summed E-state index contributed by atoms with van der Waals surface area (Å²) in [6.07, 6.45) is 1.88. The average molecular weight is 389 g/mol. The highest BCUT2D eigenvalue weighted by molar-refractivity contribution is 6.07. The van der Waals surface area contributed by atoms with Gasteiger partial charge in [0.2, 0.25) is 0 Å². The molecule has 0 aliphatic carbocycles. The molecule has 2 aromatic carbocycles. The van der Waals surface area contributed by atoms with E-state index in [1.165, 1.54) is 0 Å². The lowest BCUT2D eigenvalue weighted by atomic mass is 9.98. The van der Waals surface area contributed by atoms with E-state index < -0.39 is 0 Å². The third-order valence-electron chi connectivity index (χ3n) is 5.15. The van der Waals surface area contributed by atoms with Gasteiger partial charge in [-0.25, -0.2) is 0 Å². The Morgan fingerprint density at radius 2 is 1.93 bits per heavy atom. The first kappa shape index (κ1) is 18.9. The molecule has 1 saturated heterocycles. The summed E-state index contributed by atoms with van der Waals surface area (Å²) in [5.41, 5.74) is 9.62. The van der Waals surface area contributed by atoms with Crippen molar-refractivity contribution < 1.29 is 9.59 Å². The summed E-state index contributed by atoms with van der Waals surface area (Å²) in [6, 6.07) is 13.1. The van der Waals surface area contributed by atoms with E-state index in [2.05, 4.69) is 15.5 Å². The van der Waals surface area contributed by atoms with E-state index in [0.717, 1.165) is 37.1 Å². The van der Waals surface area contributed by atoms with Crippen LogP contribution in [-0.4, -0.2) is 46.5 Å². The number of likely N-dealkylation sites (tertiary alicyclic amines) is 1. The molecular formula is C22H23N5O2. The Bertz CT molecular complexity index is 1090. The zero-order valence-electron chi connectivity index (χ0n) is 16.3. The highest BCUT2D eigenvalue weighted by Crippen LogP contribution is 2.31. The van der Waals surface area contributed by atoms with Crippen LogP contribution in [0.25, 0.3) is 22.0 Å². The molecule has 0 unspecified atom stereocenters. The minimum atomic E-state index is -0.328. The van der Waals surface area contributed by atoms with Crippen molar-refractivity contribution >= 4 is 28.4 Å². The molecule has 0 spiro atoms. The summed E-state index contributed by atoms with van der Waals surface area (Å²) in [4.78, 5) is 26.7. The summed E-state index contributed by atoms with van der Waals surface area (Å²) in [5, 5.41) is 11.8. The number of benzene rings is 2. The van der Waals surface area contributed by atoms with Crippen LogP contribution in [-0.2, 0) is 0 Å². The lowest BCUT2D eigenvalue weighted by Gasteiger charge is -2.31. The molecule has 4 rings (SSSR count). The number of nitrogens with one attached hydrogen (secondary N) is 1. The molecular weight excluding hydrogens is 366 g/mol. The fraction of sp³-hybridized carbons (Fsp3) is 0.273. The molecule has 1 aliphatic rings. The fourth-order valence-corrected chi connectivity index (χ4v) is 3.39. The lowest BCUT2D eigenvalue weighted by Crippen LogP contribution is -2.41. The van der Waals surface area contributed by atoms with E-state index in [-0.39, 0.29) is 17.5 Å². The minimum Gasteiger partial charge on any atom is -0.396 e. The first-order valence-electron chi connectivity index (χ1n) is 9.83. The number of hydrogen-bond acceptors (Lipinski definition) is 5. The predicted octanol–water partition coefficient (Wildman–Crippen LogP) is 2.86. The van der Waals surface area contributed by atoms with Crippen LogP contribution in [0.2, 0.25) is 0 Å². The smallest absolute Gasteiger partial charge is 0.273 e. The second kappa shape index (κ2) is 7.87. The SMILES string of the molecule is CCCNC(=O)c1nnc2c(-c3cccc(C(=O)N4CCC4)c3)cccc2c1N. The highest BCUT2D eigenvalue weighted by atomic mass is 16.2. The van der Waals surface area contributed by atoms with Gasteiger partial charge in [-0.3, -0.25) is 9.59 Å². The van der Waals surface area contributed by atoms with Crippen molar-refractivity contribution in [1.82, 2.24) is 20.4 Å². The zero-order valence-corrected chi connectivity index (χ0v) is 16.3. The molecule has 29 heavy (non-hydrogen) atoms. The van der Waals surface area contributed by atoms with Crippen LogP contribution >= 0.6 is 0 Å². The van der Waals surface area contributed by atoms with Crippen LogP contribution in [0.5, 0.6) is 0 Å². The quantitative estimate of drug-likeness (QED) is 0.699. The normalized spacial score (nSPS) is 13.2. The molecule has 1 aliphatic heterocycles. The van der Waals surface area contributed by atoms with Gasteiger partial charge in [0.15, 0.2) is 5.69 Å². The van der Waals surface area contributed by atoms with Gasteiger partial charge in [-0.15, -0.1) is 10.2 Å². The van der Waals surface area contributed by atoms with E-state index >= 15 is 0 Å². The molecule has 3 N–H and O–H groups in total. The maximum Gasteiger partial charge on any atom is 0.273 e. The fourth-order valence-electron chi connectivity index (χ4n) is 3.39. The number of anilines is 1. The maximum atomic E-state index is 12.6. The van der Waals surface area contributed by atoms with Crippen molar-refractivity contribution in [3.63, 3.8) is 0 Å². The number of rotatable bonds is 5. The number of nitrogen functional groups attached to an aromatic ring is 1. The Labute approximate surface area is 168 Å². The number of carbonyl (C=O) groups excluding carboxylic acids is 2. The molecule has 0 radical (unpaired) electrons. The molecule has 1 fully saturated rings. The number of hydrogen-bond donors (Lipinski definition) is 2. The van der Waals surface area contributed by atoms with Crippen LogP contribution in [0, 0.1) is 0 Å². The first-order chi connectivity index (χ1) is 14.1. The summed E-state index contributed by atoms with van der Waals surface area (Å²) < 4.78 is 0. The van der Waals surface area contributed by atoms with Gasteiger partial charge < -0.3 is 16.0 Å². The molecule has 7 heteroatoms. The Morgan fingerprint density at radius 3 is 2.66 bits per heavy atom. The molecule has 7 nitrogen and oxygen atoms in total. The van der Waals surface area contributed by atoms with E-state index in [0.29, 0.717) is 28.7 Å². The lowest BCUT2D eigenvalue weighted by molar-refractivity contribution is 0.0651. The maximum absolute atomic E-state index is 12.6. The first-order valence-corrected chi connectivity index (χ1v) is 9.83. The van der Waals surface area contributed by atoms with Crippen molar-refractivity contribution in [2.45, 2.75) is 19.8 Å². The standard InChI is InChI=1S/C22H23N5O2/c1-2-10-24-21(28)20-18(23)17-9-4-8-16(19(17)25-26-20)14-6-3-7-15(13-14)22(29)27-11-5-12-27/h3-4,6-9,13H,2,5,10-12H2,1H3,(H2,23,25)(H,24,28). The van der Waals surface area contributed by atoms with E-state index in [9.17, 15) is 9.59 Å². The van der Waals surface area contributed by atoms with Crippen molar-refractivity contribution in [3.8, 4) is 11.1 Å². The molecule has 148 valence electrons. The predicted molar refractivity (Wildman–Crippen MR) is 113 cm³/mol. The average Bonchev–Trinajstić information content (AvgIpc) is 2.71. The van der Waals surface area contributed by atoms with Crippen molar-refractivity contribution in [2.75, 3.05) is 25.4 Å². The Hall–Kier alpha value is -3.48. The molecule has 0 saturated carbocycles. The van der Waals surface area contributed by atoms with Gasteiger partial charge in [0, 0.05) is 36.1 Å². The van der Waals surface area contributed by atoms with Gasteiger partial charge in [0.1, 0.15) is 5.52 Å². The summed E-state index contributed by atoms with van der Waals surface area (Å²) in [7, 11) is 0. The number of carbonyl (C=O) groups is 2. The van der Waals surface area contributed by atoms with E-state index in [1.54, 1.807) is 0 Å². The van der Waals surface area contributed by atoms with Crippen LogP contribution in [0.15, 0.2) is 42.5 Å². The Balaban J connectivity index is 1.74. The minimum absolute atomic E-state index is 0.0406. The van der Waals surface area contributed by atoms with Crippen LogP contribution in [0.1, 0.15) is 40.6 Å². The zero-order chi connectivity index (χ0) is 20.4. The molecule has 0 atom stereocenters. The van der Waals surface area contributed by atoms with Crippen molar-refractivity contribution in [1.29, 1.82) is 0 Å². The number of amides is 2. The van der Waals surface area contributed by atoms with Crippen molar-refractivity contribution in [2.24, 2.45) is 0 Å². The third-order valence-corrected chi connectivity index (χ3v) is 5.15. The Morgan fingerprint density at radius 1 is 1.14 bits per heavy atom. The van der Waals surface area contributed by atoms with Gasteiger partial charge in [-0.1, -0.05) is 37.3 Å². The number of nitrogens with zero attached hydrogens (tertiary/aromatic N) is 3. The number of fused-ring (bicyclic) bond motifs is 1. The van der Waals surface area contributed by atoms with E-state index in [4.69, 9.17) is 5.73 Å². The number of nitrogens with two attached hydrogens (primary N) is 1. The summed E-state index contributed by atoms with van der Waals surface area (Å²) >= 11 is 0. The Kier molecular flexibility index (Phi) is 5.12. The molecule has 0 bridgehead atoms. The topological polar surface area (TPSA) is 101 Å². The van der Waals surface area contributed by atoms with Gasteiger partial charge in [0.05, 0.1) is 5.69 Å². The second-order valence-electron chi connectivity index (χ2n) is 7.15. The van der Waals surface area contributed by atoms with Crippen molar-refractivity contribution in [3.05, 3.63) is 53.7 Å². The van der Waals surface area contributed by atoms with Gasteiger partial charge in [-0.2, -0.15) is 0 Å². The third kappa shape index (κ3) is 3.51. The monoisotopic (exact) mass is 389 g/mol. The molecule has 3 aromatic rings. The van der Waals surface area contributed by atoms with Crippen LogP contribution in [0.3, 0.4) is 0 Å². The summed E-state index contributed by atoms with van der Waals surface area (Å²) in [6.45, 7) is 4.14. The molecule has 1 aromatic heterocycles. The highest BCUT2D eigenvalue weighted by Gasteiger charge is 2.22. The van der Waals surface area contributed by atoms with Crippen LogP contribution < -0.4 is 11.1 Å². The van der Waals surface area contributed by atoms with Gasteiger partial charge >= 0.3 is 0 Å².